The number of H-pyrrole nitrogens is 1. The summed E-state index contributed by atoms with van der Waals surface area (Å²) in [6.45, 7) is 3.89. The van der Waals surface area contributed by atoms with Crippen molar-refractivity contribution < 1.29 is 9.52 Å². The molecule has 1 saturated heterocycles. The molecule has 4 rings (SSSR count). The molecule has 6 nitrogen and oxygen atoms in total. The van der Waals surface area contributed by atoms with E-state index in [1.54, 1.807) is 0 Å². The average Bonchev–Trinajstić information content (AvgIpc) is 3.10. The minimum Gasteiger partial charge on any atom is -0.449 e. The number of furan rings is 1. The number of halogens is 1. The third-order valence-electron chi connectivity index (χ3n) is 4.78. The number of nitrogens with one attached hydrogen (secondary N) is 1. The summed E-state index contributed by atoms with van der Waals surface area (Å²) in [5.74, 6) is 0.593. The van der Waals surface area contributed by atoms with E-state index in [4.69, 9.17) is 4.42 Å². The van der Waals surface area contributed by atoms with Crippen LogP contribution in [0.25, 0.3) is 22.1 Å². The zero-order valence-corrected chi connectivity index (χ0v) is 14.9. The first kappa shape index (κ1) is 15.8. The van der Waals surface area contributed by atoms with Gasteiger partial charge in [0.05, 0.1) is 12.1 Å². The molecule has 0 amide bonds. The van der Waals surface area contributed by atoms with Gasteiger partial charge in [0.25, 0.3) is 5.56 Å². The van der Waals surface area contributed by atoms with Gasteiger partial charge < -0.3 is 14.5 Å². The second kappa shape index (κ2) is 5.68. The van der Waals surface area contributed by atoms with E-state index in [2.05, 4.69) is 30.8 Å². The van der Waals surface area contributed by atoms with E-state index in [1.165, 1.54) is 0 Å². The number of hydrogen-bond donors (Lipinski definition) is 2. The van der Waals surface area contributed by atoms with Gasteiger partial charge in [0.1, 0.15) is 16.9 Å². The third-order valence-corrected chi connectivity index (χ3v) is 5.27. The van der Waals surface area contributed by atoms with Crippen molar-refractivity contribution in [2.45, 2.75) is 31.9 Å². The molecule has 0 spiro atoms. The lowest BCUT2D eigenvalue weighted by atomic mass is 10.0. The van der Waals surface area contributed by atoms with Crippen molar-refractivity contribution in [3.05, 3.63) is 38.9 Å². The van der Waals surface area contributed by atoms with Gasteiger partial charge in [0, 0.05) is 22.9 Å². The fraction of sp³-hybridized carbons (Fsp3) is 0.412. The molecule has 0 aliphatic carbocycles. The molecule has 7 heteroatoms. The maximum atomic E-state index is 12.3. The molecular weight excluding hydrogens is 374 g/mol. The van der Waals surface area contributed by atoms with E-state index in [0.29, 0.717) is 30.0 Å². The van der Waals surface area contributed by atoms with E-state index in [9.17, 15) is 9.90 Å². The SMILES string of the molecule is CCC1(O)CCN(Cc2nc3c(oc4ccc(Br)cc43)c(=O)[nH]2)C1. The molecule has 0 saturated carbocycles. The quantitative estimate of drug-likeness (QED) is 0.717. The zero-order chi connectivity index (χ0) is 16.9. The molecule has 126 valence electrons. The standard InChI is InChI=1S/C17H18BrN3O3/c1-2-17(23)5-6-21(9-17)8-13-19-14-11-7-10(18)3-4-12(11)24-15(14)16(22)20-13/h3-4,7,23H,2,5-6,8-9H2,1H3,(H,19,20,22). The summed E-state index contributed by atoms with van der Waals surface area (Å²) in [7, 11) is 0. The molecule has 0 bridgehead atoms. The lowest BCUT2D eigenvalue weighted by Crippen LogP contribution is -2.32. The van der Waals surface area contributed by atoms with Crippen LogP contribution in [-0.2, 0) is 6.54 Å². The lowest BCUT2D eigenvalue weighted by Gasteiger charge is -2.21. The Labute approximate surface area is 146 Å². The van der Waals surface area contributed by atoms with Gasteiger partial charge in [-0.05, 0) is 31.0 Å². The Kier molecular flexibility index (Phi) is 3.74. The van der Waals surface area contributed by atoms with Crippen molar-refractivity contribution in [2.75, 3.05) is 13.1 Å². The molecule has 3 aromatic rings. The van der Waals surface area contributed by atoms with Gasteiger partial charge >= 0.3 is 0 Å². The number of benzene rings is 1. The van der Waals surface area contributed by atoms with Crippen LogP contribution in [0.4, 0.5) is 0 Å². The Bertz CT molecular complexity index is 980. The van der Waals surface area contributed by atoms with E-state index in [-0.39, 0.29) is 11.1 Å². The largest absolute Gasteiger partial charge is 0.449 e. The van der Waals surface area contributed by atoms with E-state index >= 15 is 0 Å². The minimum atomic E-state index is -0.627. The van der Waals surface area contributed by atoms with Crippen LogP contribution in [0.1, 0.15) is 25.6 Å². The highest BCUT2D eigenvalue weighted by Gasteiger charge is 2.34. The molecule has 1 aliphatic heterocycles. The summed E-state index contributed by atoms with van der Waals surface area (Å²) >= 11 is 3.44. The molecule has 1 aliphatic rings. The van der Waals surface area contributed by atoms with Gasteiger partial charge in [-0.25, -0.2) is 4.98 Å². The molecule has 1 unspecified atom stereocenters. The monoisotopic (exact) mass is 391 g/mol. The van der Waals surface area contributed by atoms with Gasteiger partial charge in [-0.1, -0.05) is 22.9 Å². The number of fused-ring (bicyclic) bond motifs is 3. The minimum absolute atomic E-state index is 0.248. The number of likely N-dealkylation sites (tertiary alicyclic amines) is 1. The highest BCUT2D eigenvalue weighted by Crippen LogP contribution is 2.29. The number of rotatable bonds is 3. The smallest absolute Gasteiger partial charge is 0.294 e. The van der Waals surface area contributed by atoms with Crippen LogP contribution in [0, 0.1) is 0 Å². The first-order valence-corrected chi connectivity index (χ1v) is 8.82. The Morgan fingerprint density at radius 2 is 2.33 bits per heavy atom. The van der Waals surface area contributed by atoms with Gasteiger partial charge in [-0.2, -0.15) is 0 Å². The Morgan fingerprint density at radius 3 is 3.08 bits per heavy atom. The van der Waals surface area contributed by atoms with Crippen LogP contribution in [-0.4, -0.2) is 38.7 Å². The molecule has 3 heterocycles. The molecule has 2 N–H and O–H groups in total. The van der Waals surface area contributed by atoms with Crippen molar-refractivity contribution in [3.8, 4) is 0 Å². The summed E-state index contributed by atoms with van der Waals surface area (Å²) in [5.41, 5.74) is 0.572. The highest BCUT2D eigenvalue weighted by molar-refractivity contribution is 9.10. The van der Waals surface area contributed by atoms with Crippen molar-refractivity contribution in [1.82, 2.24) is 14.9 Å². The molecular formula is C17H18BrN3O3. The van der Waals surface area contributed by atoms with E-state index in [0.717, 1.165) is 29.2 Å². The number of nitrogens with zero attached hydrogens (tertiary/aromatic N) is 2. The number of β-amino-alcohol motifs (C(OH)–C–C–N with tert-alkyl or cyclic N) is 1. The first-order valence-electron chi connectivity index (χ1n) is 8.03. The van der Waals surface area contributed by atoms with Crippen LogP contribution >= 0.6 is 15.9 Å². The number of aliphatic hydroxyl groups is 1. The Morgan fingerprint density at radius 1 is 1.50 bits per heavy atom. The zero-order valence-electron chi connectivity index (χ0n) is 13.3. The van der Waals surface area contributed by atoms with Gasteiger partial charge in [-0.15, -0.1) is 0 Å². The van der Waals surface area contributed by atoms with Crippen molar-refractivity contribution >= 4 is 38.0 Å². The fourth-order valence-electron chi connectivity index (χ4n) is 3.32. The Hall–Kier alpha value is -1.70. The number of hydrogen-bond acceptors (Lipinski definition) is 5. The molecule has 2 aromatic heterocycles. The predicted octanol–water partition coefficient (Wildman–Crippen LogP) is 2.78. The molecule has 1 atom stereocenters. The molecule has 1 aromatic carbocycles. The third kappa shape index (κ3) is 2.66. The normalized spacial score (nSPS) is 22.0. The van der Waals surface area contributed by atoms with Crippen LogP contribution in [0.2, 0.25) is 0 Å². The summed E-state index contributed by atoms with van der Waals surface area (Å²) in [4.78, 5) is 21.9. The summed E-state index contributed by atoms with van der Waals surface area (Å²) < 4.78 is 6.54. The lowest BCUT2D eigenvalue weighted by molar-refractivity contribution is 0.0444. The van der Waals surface area contributed by atoms with Crippen molar-refractivity contribution in [3.63, 3.8) is 0 Å². The molecule has 24 heavy (non-hydrogen) atoms. The average molecular weight is 392 g/mol. The second-order valence-electron chi connectivity index (χ2n) is 6.47. The highest BCUT2D eigenvalue weighted by atomic mass is 79.9. The van der Waals surface area contributed by atoms with Crippen LogP contribution < -0.4 is 5.56 Å². The summed E-state index contributed by atoms with van der Waals surface area (Å²) in [5, 5.41) is 11.2. The van der Waals surface area contributed by atoms with Crippen LogP contribution in [0.15, 0.2) is 31.9 Å². The molecule has 1 fully saturated rings. The van der Waals surface area contributed by atoms with Crippen molar-refractivity contribution in [1.29, 1.82) is 0 Å². The second-order valence-corrected chi connectivity index (χ2v) is 7.39. The van der Waals surface area contributed by atoms with Crippen LogP contribution in [0.3, 0.4) is 0 Å². The van der Waals surface area contributed by atoms with Crippen LogP contribution in [0.5, 0.6) is 0 Å². The molecule has 0 radical (unpaired) electrons. The van der Waals surface area contributed by atoms with Gasteiger partial charge in [0.15, 0.2) is 0 Å². The first-order chi connectivity index (χ1) is 11.5. The van der Waals surface area contributed by atoms with Crippen molar-refractivity contribution in [2.24, 2.45) is 0 Å². The Balaban J connectivity index is 1.73. The van der Waals surface area contributed by atoms with E-state index in [1.807, 2.05) is 25.1 Å². The number of aromatic amines is 1. The predicted molar refractivity (Wildman–Crippen MR) is 95.0 cm³/mol. The number of aromatic nitrogens is 2. The summed E-state index contributed by atoms with van der Waals surface area (Å²) in [6.07, 6.45) is 1.48. The maximum absolute atomic E-state index is 12.3. The fourth-order valence-corrected chi connectivity index (χ4v) is 3.68. The van der Waals surface area contributed by atoms with E-state index < -0.39 is 5.60 Å². The summed E-state index contributed by atoms with van der Waals surface area (Å²) in [6, 6.07) is 5.60. The topological polar surface area (TPSA) is 82.4 Å². The van der Waals surface area contributed by atoms with Gasteiger partial charge in [0.2, 0.25) is 5.58 Å². The maximum Gasteiger partial charge on any atom is 0.294 e. The van der Waals surface area contributed by atoms with Gasteiger partial charge in [-0.3, -0.25) is 9.69 Å².